The predicted octanol–water partition coefficient (Wildman–Crippen LogP) is 1.96. The standard InChI is InChI=1S/C13H23N3O/c1-4-16(8-9-17-5-2)12-6-7-13(11(3)14)15-10-12/h6-7,10-11H,4-5,8-9,14H2,1-3H3. The van der Waals surface area contributed by atoms with Gasteiger partial charge in [-0.25, -0.2) is 0 Å². The number of pyridine rings is 1. The molecule has 1 aromatic rings. The quantitative estimate of drug-likeness (QED) is 0.737. The molecule has 0 fully saturated rings. The monoisotopic (exact) mass is 237 g/mol. The second-order valence-corrected chi connectivity index (χ2v) is 4.01. The van der Waals surface area contributed by atoms with E-state index in [2.05, 4.69) is 22.9 Å². The summed E-state index contributed by atoms with van der Waals surface area (Å²) in [4.78, 5) is 6.61. The molecule has 17 heavy (non-hydrogen) atoms. The third-order valence-electron chi connectivity index (χ3n) is 2.69. The van der Waals surface area contributed by atoms with Crippen LogP contribution >= 0.6 is 0 Å². The van der Waals surface area contributed by atoms with Crippen molar-refractivity contribution in [2.45, 2.75) is 26.8 Å². The van der Waals surface area contributed by atoms with Crippen molar-refractivity contribution in [1.82, 2.24) is 4.98 Å². The zero-order valence-corrected chi connectivity index (χ0v) is 11.0. The summed E-state index contributed by atoms with van der Waals surface area (Å²) in [7, 11) is 0. The van der Waals surface area contributed by atoms with Crippen LogP contribution in [0.5, 0.6) is 0 Å². The number of anilines is 1. The minimum Gasteiger partial charge on any atom is -0.380 e. The van der Waals surface area contributed by atoms with Crippen molar-refractivity contribution < 1.29 is 4.74 Å². The van der Waals surface area contributed by atoms with Gasteiger partial charge in [0.15, 0.2) is 0 Å². The normalized spacial score (nSPS) is 12.5. The van der Waals surface area contributed by atoms with Gasteiger partial charge >= 0.3 is 0 Å². The largest absolute Gasteiger partial charge is 0.380 e. The van der Waals surface area contributed by atoms with Crippen LogP contribution in [-0.4, -0.2) is 31.3 Å². The molecule has 1 atom stereocenters. The van der Waals surface area contributed by atoms with E-state index in [9.17, 15) is 0 Å². The molecule has 2 N–H and O–H groups in total. The first kappa shape index (κ1) is 13.9. The summed E-state index contributed by atoms with van der Waals surface area (Å²) in [5, 5.41) is 0. The molecule has 4 heteroatoms. The minimum atomic E-state index is -0.0115. The molecule has 0 aromatic carbocycles. The zero-order chi connectivity index (χ0) is 12.7. The molecule has 0 aliphatic rings. The molecule has 1 rings (SSSR count). The third kappa shape index (κ3) is 4.32. The SMILES string of the molecule is CCOCCN(CC)c1ccc(C(C)N)nc1. The van der Waals surface area contributed by atoms with Crippen LogP contribution in [-0.2, 0) is 4.74 Å². The summed E-state index contributed by atoms with van der Waals surface area (Å²) < 4.78 is 5.37. The Morgan fingerprint density at radius 3 is 2.65 bits per heavy atom. The maximum Gasteiger partial charge on any atom is 0.0641 e. The Morgan fingerprint density at radius 1 is 1.41 bits per heavy atom. The van der Waals surface area contributed by atoms with Crippen molar-refractivity contribution in [3.63, 3.8) is 0 Å². The van der Waals surface area contributed by atoms with Crippen molar-refractivity contribution >= 4 is 5.69 Å². The fraction of sp³-hybridized carbons (Fsp3) is 0.615. The number of aromatic nitrogens is 1. The van der Waals surface area contributed by atoms with E-state index in [1.54, 1.807) is 0 Å². The lowest BCUT2D eigenvalue weighted by Gasteiger charge is -2.22. The highest BCUT2D eigenvalue weighted by molar-refractivity contribution is 5.44. The minimum absolute atomic E-state index is 0.0115. The average molecular weight is 237 g/mol. The smallest absolute Gasteiger partial charge is 0.0641 e. The first-order chi connectivity index (χ1) is 8.19. The number of hydrogen-bond acceptors (Lipinski definition) is 4. The topological polar surface area (TPSA) is 51.4 Å². The van der Waals surface area contributed by atoms with Crippen LogP contribution in [0, 0.1) is 0 Å². The van der Waals surface area contributed by atoms with Crippen LogP contribution in [0.2, 0.25) is 0 Å². The van der Waals surface area contributed by atoms with Gasteiger partial charge in [-0.2, -0.15) is 0 Å². The Balaban J connectivity index is 2.62. The Bertz CT molecular complexity index is 311. The van der Waals surface area contributed by atoms with Crippen molar-refractivity contribution in [1.29, 1.82) is 0 Å². The Hall–Kier alpha value is -1.13. The molecule has 0 bridgehead atoms. The fourth-order valence-corrected chi connectivity index (χ4v) is 1.64. The summed E-state index contributed by atoms with van der Waals surface area (Å²) in [6.07, 6.45) is 1.88. The maximum absolute atomic E-state index is 5.77. The molecule has 4 nitrogen and oxygen atoms in total. The predicted molar refractivity (Wildman–Crippen MR) is 71.2 cm³/mol. The fourth-order valence-electron chi connectivity index (χ4n) is 1.64. The van der Waals surface area contributed by atoms with Crippen molar-refractivity contribution in [2.24, 2.45) is 5.73 Å². The summed E-state index contributed by atoms with van der Waals surface area (Å²) in [5.74, 6) is 0. The summed E-state index contributed by atoms with van der Waals surface area (Å²) >= 11 is 0. The van der Waals surface area contributed by atoms with Gasteiger partial charge < -0.3 is 15.4 Å². The molecule has 1 aromatic heterocycles. The second kappa shape index (κ2) is 7.25. The number of rotatable bonds is 7. The van der Waals surface area contributed by atoms with Crippen LogP contribution in [0.1, 0.15) is 32.5 Å². The van der Waals surface area contributed by atoms with Gasteiger partial charge in [-0.3, -0.25) is 4.98 Å². The van der Waals surface area contributed by atoms with Crippen molar-refractivity contribution in [3.05, 3.63) is 24.0 Å². The van der Waals surface area contributed by atoms with E-state index in [1.165, 1.54) is 0 Å². The molecule has 0 aliphatic heterocycles. The van der Waals surface area contributed by atoms with Crippen molar-refractivity contribution in [3.8, 4) is 0 Å². The van der Waals surface area contributed by atoms with E-state index < -0.39 is 0 Å². The molecule has 1 unspecified atom stereocenters. The van der Waals surface area contributed by atoms with E-state index >= 15 is 0 Å². The van der Waals surface area contributed by atoms with Gasteiger partial charge in [0.1, 0.15) is 0 Å². The number of likely N-dealkylation sites (N-methyl/N-ethyl adjacent to an activating group) is 1. The molecule has 1 heterocycles. The molecule has 0 spiro atoms. The molecule has 0 saturated heterocycles. The van der Waals surface area contributed by atoms with Crippen LogP contribution in [0.4, 0.5) is 5.69 Å². The van der Waals surface area contributed by atoms with E-state index in [0.717, 1.165) is 37.7 Å². The Kier molecular flexibility index (Phi) is 5.94. The zero-order valence-electron chi connectivity index (χ0n) is 11.0. The summed E-state index contributed by atoms with van der Waals surface area (Å²) in [5.41, 5.74) is 7.82. The number of nitrogens with zero attached hydrogens (tertiary/aromatic N) is 2. The first-order valence-corrected chi connectivity index (χ1v) is 6.23. The maximum atomic E-state index is 5.77. The number of hydrogen-bond donors (Lipinski definition) is 1. The lowest BCUT2D eigenvalue weighted by Crippen LogP contribution is -2.27. The van der Waals surface area contributed by atoms with Crippen LogP contribution in [0.3, 0.4) is 0 Å². The van der Waals surface area contributed by atoms with E-state index in [4.69, 9.17) is 10.5 Å². The Labute approximate surface area is 104 Å². The van der Waals surface area contributed by atoms with Gasteiger partial charge in [-0.1, -0.05) is 0 Å². The van der Waals surface area contributed by atoms with Gasteiger partial charge in [0.2, 0.25) is 0 Å². The highest BCUT2D eigenvalue weighted by atomic mass is 16.5. The second-order valence-electron chi connectivity index (χ2n) is 4.01. The van der Waals surface area contributed by atoms with Crippen LogP contribution in [0.15, 0.2) is 18.3 Å². The lowest BCUT2D eigenvalue weighted by atomic mass is 10.2. The highest BCUT2D eigenvalue weighted by Crippen LogP contribution is 2.15. The highest BCUT2D eigenvalue weighted by Gasteiger charge is 2.06. The molecule has 0 radical (unpaired) electrons. The van der Waals surface area contributed by atoms with Crippen molar-refractivity contribution in [2.75, 3.05) is 31.2 Å². The van der Waals surface area contributed by atoms with Crippen LogP contribution < -0.4 is 10.6 Å². The van der Waals surface area contributed by atoms with Gasteiger partial charge in [-0.05, 0) is 32.9 Å². The van der Waals surface area contributed by atoms with Crippen LogP contribution in [0.25, 0.3) is 0 Å². The van der Waals surface area contributed by atoms with Gasteiger partial charge in [0.25, 0.3) is 0 Å². The number of ether oxygens (including phenoxy) is 1. The molecule has 0 saturated carbocycles. The molecule has 0 aliphatic carbocycles. The first-order valence-electron chi connectivity index (χ1n) is 6.23. The third-order valence-corrected chi connectivity index (χ3v) is 2.69. The van der Waals surface area contributed by atoms with Gasteiger partial charge in [-0.15, -0.1) is 0 Å². The molecule has 0 amide bonds. The van der Waals surface area contributed by atoms with E-state index in [0.29, 0.717) is 0 Å². The Morgan fingerprint density at radius 2 is 2.18 bits per heavy atom. The van der Waals surface area contributed by atoms with Gasteiger partial charge in [0, 0.05) is 25.7 Å². The molecular formula is C13H23N3O. The van der Waals surface area contributed by atoms with Gasteiger partial charge in [0.05, 0.1) is 24.2 Å². The lowest BCUT2D eigenvalue weighted by molar-refractivity contribution is 0.154. The van der Waals surface area contributed by atoms with E-state index in [-0.39, 0.29) is 6.04 Å². The number of nitrogens with two attached hydrogens (primary N) is 1. The summed E-state index contributed by atoms with van der Waals surface area (Å²) in [6.45, 7) is 9.43. The summed E-state index contributed by atoms with van der Waals surface area (Å²) in [6, 6.07) is 4.05. The van der Waals surface area contributed by atoms with E-state index in [1.807, 2.05) is 26.1 Å². The molecule has 96 valence electrons. The molecular weight excluding hydrogens is 214 g/mol. The average Bonchev–Trinajstić information content (AvgIpc) is 2.35.